The van der Waals surface area contributed by atoms with Gasteiger partial charge in [0.1, 0.15) is 0 Å². The summed E-state index contributed by atoms with van der Waals surface area (Å²) in [6.07, 6.45) is 1.25. The third-order valence-electron chi connectivity index (χ3n) is 1.60. The van der Waals surface area contributed by atoms with Gasteiger partial charge >= 0.3 is 93.3 Å². The fraction of sp³-hybridized carbons (Fsp3) is 0. The first-order valence-corrected chi connectivity index (χ1v) is 13.4. The molecular formula is C9H8ClHgNO. The number of halogens is 1. The minimum absolute atomic E-state index is 0.189. The van der Waals surface area contributed by atoms with Gasteiger partial charge < -0.3 is 0 Å². The molecule has 0 unspecified atom stereocenters. The van der Waals surface area contributed by atoms with Crippen LogP contribution < -0.4 is 8.39 Å². The van der Waals surface area contributed by atoms with Crippen LogP contribution in [0.4, 0.5) is 5.69 Å². The van der Waals surface area contributed by atoms with E-state index in [0.29, 0.717) is 0 Å². The van der Waals surface area contributed by atoms with Crippen molar-refractivity contribution >= 4 is 22.9 Å². The number of amides is 1. The maximum atomic E-state index is 11.0. The van der Waals surface area contributed by atoms with Crippen LogP contribution in [0.5, 0.6) is 0 Å². The minimum atomic E-state index is -1.45. The molecule has 64 valence electrons. The van der Waals surface area contributed by atoms with Gasteiger partial charge in [-0.1, -0.05) is 0 Å². The summed E-state index contributed by atoms with van der Waals surface area (Å²) < 4.78 is 1.12. The third-order valence-corrected chi connectivity index (χ3v) is 7.65. The first kappa shape index (κ1) is 10.7. The molecule has 13 heavy (non-hydrogen) atoms. The molecule has 2 nitrogen and oxygen atoms in total. The van der Waals surface area contributed by atoms with Crippen LogP contribution in [0, 0.1) is 0 Å². The Labute approximate surface area is 92.9 Å². The Morgan fingerprint density at radius 2 is 2.23 bits per heavy atom. The normalized spacial score (nSPS) is 8.69. The zero-order valence-corrected chi connectivity index (χ0v) is 13.3. The maximum absolute atomic E-state index is 11.0. The average Bonchev–Trinajstić information content (AvgIpc) is 2.18. The second-order valence-corrected chi connectivity index (χ2v) is 8.83. The van der Waals surface area contributed by atoms with Crippen LogP contribution in [0.2, 0.25) is 0 Å². The van der Waals surface area contributed by atoms with Gasteiger partial charge in [-0.3, -0.25) is 0 Å². The van der Waals surface area contributed by atoms with Crippen LogP contribution in [-0.2, 0) is 28.1 Å². The van der Waals surface area contributed by atoms with E-state index in [1.54, 1.807) is 0 Å². The molecule has 4 heteroatoms. The van der Waals surface area contributed by atoms with E-state index in [4.69, 9.17) is 8.25 Å². The molecule has 0 bridgehead atoms. The molecule has 1 N–H and O–H groups in total. The van der Waals surface area contributed by atoms with E-state index in [-0.39, 0.29) is 5.91 Å². The molecule has 1 aromatic carbocycles. The molecule has 0 aliphatic carbocycles. The summed E-state index contributed by atoms with van der Waals surface area (Å²) >= 11 is -1.45. The van der Waals surface area contributed by atoms with Crippen molar-refractivity contribution in [3.63, 3.8) is 0 Å². The Morgan fingerprint density at radius 1 is 1.54 bits per heavy atom. The third kappa shape index (κ3) is 3.12. The average molecular weight is 382 g/mol. The SMILES string of the molecule is C=CC(=O)Nc1cccc[c]1[Hg][Cl]. The van der Waals surface area contributed by atoms with Crippen LogP contribution in [0.1, 0.15) is 0 Å². The first-order valence-electron chi connectivity index (χ1n) is 3.85. The molecule has 1 amide bonds. The zero-order chi connectivity index (χ0) is 9.68. The molecule has 1 aromatic rings. The molecule has 0 atom stereocenters. The standard InChI is InChI=1S/C9H8NO.ClH.Hg/c1-2-9(11)10-8-6-4-3-5-7-8;;/h2-6H,1H2,(H,10,11);1H;/q;;+1/p-1. The zero-order valence-electron chi connectivity index (χ0n) is 7.09. The van der Waals surface area contributed by atoms with E-state index >= 15 is 0 Å². The van der Waals surface area contributed by atoms with Crippen molar-refractivity contribution in [3.8, 4) is 0 Å². The van der Waals surface area contributed by atoms with Gasteiger partial charge in [-0.25, -0.2) is 0 Å². The number of rotatable bonds is 3. The number of carbonyl (C=O) groups excluding carboxylic acids is 1. The Bertz CT molecular complexity index is 327. The van der Waals surface area contributed by atoms with Gasteiger partial charge in [-0.05, 0) is 0 Å². The van der Waals surface area contributed by atoms with Crippen LogP contribution in [-0.4, -0.2) is 5.91 Å². The van der Waals surface area contributed by atoms with Gasteiger partial charge in [0, 0.05) is 0 Å². The Hall–Kier alpha value is -0.345. The molecular weight excluding hydrogens is 374 g/mol. The predicted molar refractivity (Wildman–Crippen MR) is 50.8 cm³/mol. The van der Waals surface area contributed by atoms with Crippen molar-refractivity contribution in [1.29, 1.82) is 0 Å². The van der Waals surface area contributed by atoms with Gasteiger partial charge in [-0.2, -0.15) is 0 Å². The predicted octanol–water partition coefficient (Wildman–Crippen LogP) is 1.67. The number of hydrogen-bond donors (Lipinski definition) is 1. The molecule has 0 fully saturated rings. The van der Waals surface area contributed by atoms with Crippen LogP contribution in [0.25, 0.3) is 0 Å². The van der Waals surface area contributed by atoms with Gasteiger partial charge in [0.25, 0.3) is 0 Å². The number of hydrogen-bond acceptors (Lipinski definition) is 1. The second-order valence-electron chi connectivity index (χ2n) is 2.48. The monoisotopic (exact) mass is 383 g/mol. The fourth-order valence-corrected chi connectivity index (χ4v) is 5.22. The summed E-state index contributed by atoms with van der Waals surface area (Å²) in [7, 11) is 5.90. The van der Waals surface area contributed by atoms with Gasteiger partial charge in [0.15, 0.2) is 0 Å². The van der Waals surface area contributed by atoms with E-state index in [9.17, 15) is 4.79 Å². The van der Waals surface area contributed by atoms with E-state index in [2.05, 4.69) is 11.9 Å². The summed E-state index contributed by atoms with van der Waals surface area (Å²) in [5.41, 5.74) is 0.837. The summed E-state index contributed by atoms with van der Waals surface area (Å²) in [5.74, 6) is -0.189. The second kappa shape index (κ2) is 5.40. The quantitative estimate of drug-likeness (QED) is 0.626. The topological polar surface area (TPSA) is 29.1 Å². The van der Waals surface area contributed by atoms with Crippen molar-refractivity contribution < 1.29 is 28.1 Å². The van der Waals surface area contributed by atoms with Gasteiger partial charge in [-0.15, -0.1) is 0 Å². The Morgan fingerprint density at radius 3 is 2.85 bits per heavy atom. The van der Waals surface area contributed by atoms with Crippen molar-refractivity contribution in [1.82, 2.24) is 0 Å². The van der Waals surface area contributed by atoms with Crippen molar-refractivity contribution in [2.24, 2.45) is 0 Å². The van der Waals surface area contributed by atoms with E-state index in [1.165, 1.54) is 6.08 Å². The van der Waals surface area contributed by atoms with Crippen molar-refractivity contribution in [2.45, 2.75) is 0 Å². The molecule has 0 saturated heterocycles. The molecule has 0 aliphatic heterocycles. The van der Waals surface area contributed by atoms with Crippen molar-refractivity contribution in [3.05, 3.63) is 36.9 Å². The summed E-state index contributed by atoms with van der Waals surface area (Å²) in [5, 5.41) is 2.73. The van der Waals surface area contributed by atoms with E-state index in [0.717, 1.165) is 8.76 Å². The summed E-state index contributed by atoms with van der Waals surface area (Å²) in [4.78, 5) is 11.0. The molecule has 1 rings (SSSR count). The number of nitrogens with one attached hydrogen (secondary N) is 1. The molecule has 0 heterocycles. The summed E-state index contributed by atoms with van der Waals surface area (Å²) in [6.45, 7) is 3.39. The van der Waals surface area contributed by atoms with Crippen molar-refractivity contribution in [2.75, 3.05) is 5.32 Å². The number of benzene rings is 1. The molecule has 0 spiro atoms. The van der Waals surface area contributed by atoms with Crippen LogP contribution in [0.15, 0.2) is 36.9 Å². The number of anilines is 1. The van der Waals surface area contributed by atoms with Crippen LogP contribution >= 0.6 is 8.25 Å². The number of para-hydroxylation sites is 1. The Balaban J connectivity index is 2.86. The molecule has 0 aliphatic rings. The van der Waals surface area contributed by atoms with E-state index < -0.39 is 23.3 Å². The fourth-order valence-electron chi connectivity index (χ4n) is 0.943. The van der Waals surface area contributed by atoms with Gasteiger partial charge in [0.05, 0.1) is 0 Å². The van der Waals surface area contributed by atoms with E-state index in [1.807, 2.05) is 24.3 Å². The first-order chi connectivity index (χ1) is 6.27. The number of carbonyl (C=O) groups is 1. The molecule has 0 radical (unpaired) electrons. The summed E-state index contributed by atoms with van der Waals surface area (Å²) in [6, 6.07) is 7.64. The van der Waals surface area contributed by atoms with Gasteiger partial charge in [0.2, 0.25) is 0 Å². The molecule has 0 saturated carbocycles. The Kier molecular flexibility index (Phi) is 4.46. The molecule has 0 aromatic heterocycles. The van der Waals surface area contributed by atoms with Crippen LogP contribution in [0.3, 0.4) is 0 Å².